The normalized spacial score (nSPS) is 10.9. The Balaban J connectivity index is 1.46. The van der Waals surface area contributed by atoms with E-state index in [2.05, 4.69) is 53.4 Å². The fraction of sp³-hybridized carbons (Fsp3) is 0.400. The molecule has 2 aromatic carbocycles. The molecule has 0 bridgehead atoms. The van der Waals surface area contributed by atoms with E-state index >= 15 is 0 Å². The van der Waals surface area contributed by atoms with Crippen LogP contribution in [-0.4, -0.2) is 18.6 Å². The summed E-state index contributed by atoms with van der Waals surface area (Å²) in [5.41, 5.74) is 4.33. The van der Waals surface area contributed by atoms with Crippen molar-refractivity contribution in [3.63, 3.8) is 0 Å². The Morgan fingerprint density at radius 3 is 2.37 bits per heavy atom. The van der Waals surface area contributed by atoms with Crippen LogP contribution in [0.3, 0.4) is 0 Å². The summed E-state index contributed by atoms with van der Waals surface area (Å²) in [5, 5.41) is 6.31. The molecule has 1 aromatic heterocycles. The standard InChI is InChI=1S/C25H32FN3S/c1-3-4-5-6-7-8-17-29(2)24-15-13-22(14-16-24)27-25-28-23(19-30-25)18-20-9-11-21(26)12-10-20/h9-16,19H,3-8,17-18H2,1-2H3,(H,27,28). The smallest absolute Gasteiger partial charge is 0.187 e. The number of benzene rings is 2. The molecule has 5 heteroatoms. The Labute approximate surface area is 184 Å². The highest BCUT2D eigenvalue weighted by Gasteiger charge is 2.06. The molecule has 160 valence electrons. The number of unbranched alkanes of at least 4 members (excludes halogenated alkanes) is 5. The van der Waals surface area contributed by atoms with Gasteiger partial charge in [-0.05, 0) is 48.4 Å². The number of nitrogens with zero attached hydrogens (tertiary/aromatic N) is 2. The number of hydrogen-bond donors (Lipinski definition) is 1. The van der Waals surface area contributed by atoms with E-state index in [0.717, 1.165) is 28.6 Å². The molecule has 0 unspecified atom stereocenters. The van der Waals surface area contributed by atoms with Gasteiger partial charge in [-0.2, -0.15) is 0 Å². The zero-order chi connectivity index (χ0) is 21.2. The average molecular weight is 426 g/mol. The summed E-state index contributed by atoms with van der Waals surface area (Å²) >= 11 is 1.59. The Morgan fingerprint density at radius 1 is 0.933 bits per heavy atom. The van der Waals surface area contributed by atoms with Gasteiger partial charge in [-0.15, -0.1) is 11.3 Å². The van der Waals surface area contributed by atoms with Crippen LogP contribution in [0.4, 0.5) is 20.9 Å². The maximum Gasteiger partial charge on any atom is 0.187 e. The van der Waals surface area contributed by atoms with Crippen LogP contribution in [0.1, 0.15) is 56.7 Å². The Bertz CT molecular complexity index is 874. The van der Waals surface area contributed by atoms with Gasteiger partial charge in [0.05, 0.1) is 5.69 Å². The monoisotopic (exact) mass is 425 g/mol. The van der Waals surface area contributed by atoms with Gasteiger partial charge in [0.1, 0.15) is 5.82 Å². The van der Waals surface area contributed by atoms with E-state index in [9.17, 15) is 4.39 Å². The highest BCUT2D eigenvalue weighted by Crippen LogP contribution is 2.24. The fourth-order valence-corrected chi connectivity index (χ4v) is 4.17. The maximum absolute atomic E-state index is 13.0. The molecule has 0 spiro atoms. The number of aromatic nitrogens is 1. The lowest BCUT2D eigenvalue weighted by Crippen LogP contribution is -2.18. The van der Waals surface area contributed by atoms with E-state index in [-0.39, 0.29) is 5.82 Å². The van der Waals surface area contributed by atoms with E-state index in [0.29, 0.717) is 6.42 Å². The molecule has 0 atom stereocenters. The predicted octanol–water partition coefficient (Wildman–Crippen LogP) is 7.41. The van der Waals surface area contributed by atoms with Crippen molar-refractivity contribution in [1.82, 2.24) is 4.98 Å². The highest BCUT2D eigenvalue weighted by atomic mass is 32.1. The molecule has 0 amide bonds. The number of rotatable bonds is 12. The number of hydrogen-bond acceptors (Lipinski definition) is 4. The number of nitrogens with one attached hydrogen (secondary N) is 1. The van der Waals surface area contributed by atoms with E-state index < -0.39 is 0 Å². The van der Waals surface area contributed by atoms with Crippen molar-refractivity contribution in [3.05, 3.63) is 71.0 Å². The van der Waals surface area contributed by atoms with Gasteiger partial charge in [-0.3, -0.25) is 0 Å². The second kappa shape index (κ2) is 11.7. The quantitative estimate of drug-likeness (QED) is 0.306. The van der Waals surface area contributed by atoms with Crippen LogP contribution in [0.5, 0.6) is 0 Å². The molecule has 30 heavy (non-hydrogen) atoms. The van der Waals surface area contributed by atoms with Crippen LogP contribution < -0.4 is 10.2 Å². The molecule has 0 fully saturated rings. The first kappa shape index (κ1) is 22.3. The predicted molar refractivity (Wildman–Crippen MR) is 128 cm³/mol. The number of halogens is 1. The first-order chi connectivity index (χ1) is 14.6. The second-order valence-electron chi connectivity index (χ2n) is 7.81. The third kappa shape index (κ3) is 7.13. The second-order valence-corrected chi connectivity index (χ2v) is 8.67. The van der Waals surface area contributed by atoms with Gasteiger partial charge in [-0.25, -0.2) is 9.37 Å². The summed E-state index contributed by atoms with van der Waals surface area (Å²) in [5.74, 6) is -0.208. The van der Waals surface area contributed by atoms with Gasteiger partial charge >= 0.3 is 0 Å². The molecule has 3 nitrogen and oxygen atoms in total. The lowest BCUT2D eigenvalue weighted by Gasteiger charge is -2.19. The molecule has 0 aliphatic carbocycles. The van der Waals surface area contributed by atoms with Crippen molar-refractivity contribution in [1.29, 1.82) is 0 Å². The van der Waals surface area contributed by atoms with Crippen molar-refractivity contribution in [2.45, 2.75) is 51.9 Å². The van der Waals surface area contributed by atoms with E-state index in [1.54, 1.807) is 11.3 Å². The molecule has 0 aliphatic rings. The van der Waals surface area contributed by atoms with Gasteiger partial charge in [0.2, 0.25) is 0 Å². The molecular weight excluding hydrogens is 393 g/mol. The van der Waals surface area contributed by atoms with Crippen LogP contribution in [0.25, 0.3) is 0 Å². The van der Waals surface area contributed by atoms with E-state index in [1.807, 2.05) is 17.5 Å². The minimum Gasteiger partial charge on any atom is -0.375 e. The van der Waals surface area contributed by atoms with Crippen molar-refractivity contribution in [3.8, 4) is 0 Å². The molecule has 1 heterocycles. The molecular formula is C25H32FN3S. The third-order valence-corrected chi connectivity index (χ3v) is 6.06. The lowest BCUT2D eigenvalue weighted by atomic mass is 10.1. The van der Waals surface area contributed by atoms with Gasteiger partial charge in [0, 0.05) is 36.8 Å². The molecule has 0 saturated heterocycles. The van der Waals surface area contributed by atoms with Crippen LogP contribution in [0.15, 0.2) is 53.9 Å². The molecule has 3 rings (SSSR count). The first-order valence-corrected chi connectivity index (χ1v) is 11.8. The lowest BCUT2D eigenvalue weighted by molar-refractivity contribution is 0.606. The first-order valence-electron chi connectivity index (χ1n) is 10.9. The Morgan fingerprint density at radius 2 is 1.63 bits per heavy atom. The minimum atomic E-state index is -0.208. The van der Waals surface area contributed by atoms with Gasteiger partial charge < -0.3 is 10.2 Å². The molecule has 0 saturated carbocycles. The van der Waals surface area contributed by atoms with Crippen molar-refractivity contribution in [2.24, 2.45) is 0 Å². The molecule has 3 aromatic rings. The SMILES string of the molecule is CCCCCCCCN(C)c1ccc(Nc2nc(Cc3ccc(F)cc3)cs2)cc1. The number of anilines is 3. The fourth-order valence-electron chi connectivity index (χ4n) is 3.44. The zero-order valence-corrected chi connectivity index (χ0v) is 18.9. The van der Waals surface area contributed by atoms with Crippen LogP contribution >= 0.6 is 11.3 Å². The maximum atomic E-state index is 13.0. The van der Waals surface area contributed by atoms with Crippen molar-refractivity contribution < 1.29 is 4.39 Å². The van der Waals surface area contributed by atoms with Gasteiger partial charge in [-0.1, -0.05) is 51.2 Å². The van der Waals surface area contributed by atoms with Gasteiger partial charge in [0.25, 0.3) is 0 Å². The molecule has 0 radical (unpaired) electrons. The zero-order valence-electron chi connectivity index (χ0n) is 18.0. The molecule has 1 N–H and O–H groups in total. The van der Waals surface area contributed by atoms with Gasteiger partial charge in [0.15, 0.2) is 5.13 Å². The summed E-state index contributed by atoms with van der Waals surface area (Å²) in [6.45, 7) is 3.35. The van der Waals surface area contributed by atoms with Crippen LogP contribution in [0.2, 0.25) is 0 Å². The minimum absolute atomic E-state index is 0.208. The van der Waals surface area contributed by atoms with E-state index in [1.165, 1.54) is 56.3 Å². The number of thiazole rings is 1. The summed E-state index contributed by atoms with van der Waals surface area (Å²) < 4.78 is 13.0. The van der Waals surface area contributed by atoms with Crippen molar-refractivity contribution in [2.75, 3.05) is 23.8 Å². The summed E-state index contributed by atoms with van der Waals surface area (Å²) in [6, 6.07) is 15.1. The third-order valence-electron chi connectivity index (χ3n) is 5.26. The highest BCUT2D eigenvalue weighted by molar-refractivity contribution is 7.13. The van der Waals surface area contributed by atoms with Crippen LogP contribution in [-0.2, 0) is 6.42 Å². The summed E-state index contributed by atoms with van der Waals surface area (Å²) in [4.78, 5) is 6.98. The summed E-state index contributed by atoms with van der Waals surface area (Å²) in [6.07, 6.45) is 8.64. The Hall–Kier alpha value is -2.40. The average Bonchev–Trinajstić information content (AvgIpc) is 3.19. The molecule has 0 aliphatic heterocycles. The van der Waals surface area contributed by atoms with E-state index in [4.69, 9.17) is 0 Å². The summed E-state index contributed by atoms with van der Waals surface area (Å²) in [7, 11) is 2.16. The van der Waals surface area contributed by atoms with Crippen molar-refractivity contribution >= 4 is 27.8 Å². The topological polar surface area (TPSA) is 28.2 Å². The largest absolute Gasteiger partial charge is 0.375 e. The Kier molecular flexibility index (Phi) is 8.69. The van der Waals surface area contributed by atoms with Crippen LogP contribution in [0, 0.1) is 5.82 Å².